The van der Waals surface area contributed by atoms with E-state index in [9.17, 15) is 13.2 Å². The Hall–Kier alpha value is -2.86. The number of aromatic nitrogens is 2. The quantitative estimate of drug-likeness (QED) is 0.436. The van der Waals surface area contributed by atoms with Crippen LogP contribution in [0.5, 0.6) is 0 Å². The summed E-state index contributed by atoms with van der Waals surface area (Å²) in [4.78, 5) is 24.6. The molecule has 0 spiro atoms. The molecule has 33 heavy (non-hydrogen) atoms. The zero-order valence-electron chi connectivity index (χ0n) is 17.5. The lowest BCUT2D eigenvalue weighted by Crippen LogP contribution is -2.50. The fourth-order valence-corrected chi connectivity index (χ4v) is 6.66. The number of thiazole rings is 1. The summed E-state index contributed by atoms with van der Waals surface area (Å²) < 4.78 is 28.0. The highest BCUT2D eigenvalue weighted by atomic mass is 32.2. The van der Waals surface area contributed by atoms with Crippen LogP contribution < -0.4 is 5.32 Å². The largest absolute Gasteiger partial charge is 0.357 e. The van der Waals surface area contributed by atoms with E-state index < -0.39 is 10.0 Å². The topological polar surface area (TPSA) is 95.5 Å². The molecule has 1 aliphatic heterocycles. The molecular formula is C22H21N5O3S3. The van der Waals surface area contributed by atoms with Gasteiger partial charge in [0.1, 0.15) is 10.6 Å². The predicted molar refractivity (Wildman–Crippen MR) is 130 cm³/mol. The van der Waals surface area contributed by atoms with E-state index in [4.69, 9.17) is 0 Å². The number of rotatable bonds is 6. The van der Waals surface area contributed by atoms with Gasteiger partial charge in [0, 0.05) is 48.0 Å². The summed E-state index contributed by atoms with van der Waals surface area (Å²) in [5.74, 6) is -0.181. The third kappa shape index (κ3) is 4.49. The second-order valence-corrected chi connectivity index (χ2v) is 11.3. The number of carbonyl (C=O) groups is 1. The van der Waals surface area contributed by atoms with Gasteiger partial charge in [-0.2, -0.15) is 4.31 Å². The molecule has 0 atom stereocenters. The van der Waals surface area contributed by atoms with Gasteiger partial charge in [-0.15, -0.1) is 22.7 Å². The number of pyridine rings is 1. The minimum Gasteiger partial charge on any atom is -0.357 e. The van der Waals surface area contributed by atoms with E-state index >= 15 is 0 Å². The van der Waals surface area contributed by atoms with E-state index in [2.05, 4.69) is 15.3 Å². The molecule has 1 aromatic carbocycles. The monoisotopic (exact) mass is 499 g/mol. The van der Waals surface area contributed by atoms with Gasteiger partial charge in [-0.25, -0.2) is 13.4 Å². The summed E-state index contributed by atoms with van der Waals surface area (Å²) in [6.45, 7) is 1.74. The van der Waals surface area contributed by atoms with Crippen LogP contribution >= 0.6 is 22.7 Å². The summed E-state index contributed by atoms with van der Waals surface area (Å²) in [5, 5.41) is 8.47. The van der Waals surface area contributed by atoms with Crippen molar-refractivity contribution >= 4 is 54.6 Å². The first kappa shape index (κ1) is 22.0. The maximum Gasteiger partial charge on any atom is 0.273 e. The van der Waals surface area contributed by atoms with Crippen LogP contribution in [0.15, 0.2) is 64.3 Å². The summed E-state index contributed by atoms with van der Waals surface area (Å²) >= 11 is 3.05. The minimum atomic E-state index is -3.72. The second kappa shape index (κ2) is 9.18. The van der Waals surface area contributed by atoms with Crippen molar-refractivity contribution in [2.45, 2.75) is 11.4 Å². The highest BCUT2D eigenvalue weighted by Crippen LogP contribution is 2.25. The van der Waals surface area contributed by atoms with Gasteiger partial charge in [0.15, 0.2) is 5.13 Å². The fourth-order valence-electron chi connectivity index (χ4n) is 3.75. The summed E-state index contributed by atoms with van der Waals surface area (Å²) in [6.07, 6.45) is 1.59. The third-order valence-corrected chi connectivity index (χ3v) is 9.06. The van der Waals surface area contributed by atoms with Crippen LogP contribution in [0.1, 0.15) is 15.4 Å². The SMILES string of the molecule is O=C(c1csc(NCc2cccs2)n1)N1CCN(S(=O)(=O)c2cccc3cccnc23)CC1. The highest BCUT2D eigenvalue weighted by molar-refractivity contribution is 7.89. The molecule has 0 saturated carbocycles. The van der Waals surface area contributed by atoms with Crippen LogP contribution in [-0.4, -0.2) is 59.7 Å². The second-order valence-electron chi connectivity index (χ2n) is 7.50. The van der Waals surface area contributed by atoms with Gasteiger partial charge < -0.3 is 10.2 Å². The third-order valence-electron chi connectivity index (χ3n) is 5.46. The summed E-state index contributed by atoms with van der Waals surface area (Å²) in [6, 6.07) is 12.8. The number of anilines is 1. The number of fused-ring (bicyclic) bond motifs is 1. The van der Waals surface area contributed by atoms with Crippen molar-refractivity contribution in [2.24, 2.45) is 0 Å². The molecule has 0 unspecified atom stereocenters. The number of carbonyl (C=O) groups excluding carboxylic acids is 1. The number of hydrogen-bond donors (Lipinski definition) is 1. The van der Waals surface area contributed by atoms with Gasteiger partial charge in [0.05, 0.1) is 12.1 Å². The molecule has 4 aromatic rings. The molecule has 3 aromatic heterocycles. The average Bonchev–Trinajstić information content (AvgIpc) is 3.54. The first-order valence-electron chi connectivity index (χ1n) is 10.4. The molecule has 0 radical (unpaired) electrons. The molecule has 1 aliphatic rings. The fraction of sp³-hybridized carbons (Fsp3) is 0.227. The number of piperazine rings is 1. The standard InChI is InChI=1S/C22H21N5O3S3/c28-21(18-15-32-22(25-18)24-14-17-6-3-13-31-17)26-9-11-27(12-10-26)33(29,30)19-7-1-4-16-5-2-8-23-20(16)19/h1-8,13,15H,9-12,14H2,(H,24,25). The molecule has 8 nitrogen and oxygen atoms in total. The molecule has 4 heterocycles. The predicted octanol–water partition coefficient (Wildman–Crippen LogP) is 3.51. The van der Waals surface area contributed by atoms with Gasteiger partial charge in [0.25, 0.3) is 5.91 Å². The number of para-hydroxylation sites is 1. The molecule has 5 rings (SSSR count). The lowest BCUT2D eigenvalue weighted by molar-refractivity contribution is 0.0693. The van der Waals surface area contributed by atoms with E-state index in [1.807, 2.05) is 29.6 Å². The smallest absolute Gasteiger partial charge is 0.273 e. The van der Waals surface area contributed by atoms with E-state index in [1.165, 1.54) is 20.5 Å². The van der Waals surface area contributed by atoms with Crippen LogP contribution in [0.2, 0.25) is 0 Å². The lowest BCUT2D eigenvalue weighted by atomic mass is 10.2. The molecule has 1 amide bonds. The Morgan fingerprint density at radius 1 is 1.03 bits per heavy atom. The Balaban J connectivity index is 1.24. The Morgan fingerprint density at radius 3 is 2.64 bits per heavy atom. The number of nitrogens with zero attached hydrogens (tertiary/aromatic N) is 4. The number of amides is 1. The Kier molecular flexibility index (Phi) is 6.11. The molecule has 1 fully saturated rings. The summed E-state index contributed by atoms with van der Waals surface area (Å²) in [7, 11) is -3.72. The Morgan fingerprint density at radius 2 is 1.85 bits per heavy atom. The lowest BCUT2D eigenvalue weighted by Gasteiger charge is -2.33. The Labute approximate surface area is 199 Å². The van der Waals surface area contributed by atoms with Crippen LogP contribution in [0.4, 0.5) is 5.13 Å². The molecule has 11 heteroatoms. The number of benzene rings is 1. The molecule has 1 saturated heterocycles. The average molecular weight is 500 g/mol. The van der Waals surface area contributed by atoms with E-state index in [-0.39, 0.29) is 23.9 Å². The number of hydrogen-bond acceptors (Lipinski definition) is 8. The zero-order valence-corrected chi connectivity index (χ0v) is 20.0. The van der Waals surface area contributed by atoms with Crippen molar-refractivity contribution in [1.82, 2.24) is 19.2 Å². The van der Waals surface area contributed by atoms with E-state index in [0.29, 0.717) is 36.0 Å². The van der Waals surface area contributed by atoms with E-state index in [1.54, 1.807) is 46.0 Å². The van der Waals surface area contributed by atoms with Gasteiger partial charge in [-0.1, -0.05) is 24.3 Å². The van der Waals surface area contributed by atoms with Crippen molar-refractivity contribution < 1.29 is 13.2 Å². The van der Waals surface area contributed by atoms with Crippen LogP contribution in [0.3, 0.4) is 0 Å². The van der Waals surface area contributed by atoms with Crippen LogP contribution in [0, 0.1) is 0 Å². The number of nitrogens with one attached hydrogen (secondary N) is 1. The van der Waals surface area contributed by atoms with Crippen LogP contribution in [0.25, 0.3) is 10.9 Å². The maximum atomic E-state index is 13.3. The van der Waals surface area contributed by atoms with Crippen molar-refractivity contribution in [2.75, 3.05) is 31.5 Å². The van der Waals surface area contributed by atoms with Crippen molar-refractivity contribution in [3.63, 3.8) is 0 Å². The Bertz CT molecular complexity index is 1370. The molecule has 170 valence electrons. The molecule has 0 aliphatic carbocycles. The minimum absolute atomic E-state index is 0.181. The molecule has 0 bridgehead atoms. The van der Waals surface area contributed by atoms with Gasteiger partial charge in [-0.3, -0.25) is 9.78 Å². The number of thiophene rings is 1. The van der Waals surface area contributed by atoms with Crippen LogP contribution in [-0.2, 0) is 16.6 Å². The zero-order chi connectivity index (χ0) is 22.8. The first-order chi connectivity index (χ1) is 16.0. The van der Waals surface area contributed by atoms with Gasteiger partial charge in [0.2, 0.25) is 10.0 Å². The molecular weight excluding hydrogens is 478 g/mol. The highest BCUT2D eigenvalue weighted by Gasteiger charge is 2.32. The van der Waals surface area contributed by atoms with Gasteiger partial charge >= 0.3 is 0 Å². The van der Waals surface area contributed by atoms with Gasteiger partial charge in [-0.05, 0) is 23.6 Å². The summed E-state index contributed by atoms with van der Waals surface area (Å²) in [5.41, 5.74) is 0.840. The maximum absolute atomic E-state index is 13.3. The number of sulfonamides is 1. The first-order valence-corrected chi connectivity index (χ1v) is 13.6. The molecule has 1 N–H and O–H groups in total. The van der Waals surface area contributed by atoms with Crippen molar-refractivity contribution in [3.05, 3.63) is 70.0 Å². The van der Waals surface area contributed by atoms with E-state index in [0.717, 1.165) is 5.39 Å². The van der Waals surface area contributed by atoms with Crippen molar-refractivity contribution in [1.29, 1.82) is 0 Å². The normalized spacial score (nSPS) is 15.1. The van der Waals surface area contributed by atoms with Crippen molar-refractivity contribution in [3.8, 4) is 0 Å².